The number of benzene rings is 2. The van der Waals surface area contributed by atoms with Gasteiger partial charge < -0.3 is 9.30 Å². The van der Waals surface area contributed by atoms with Crippen molar-refractivity contribution in [1.29, 1.82) is 0 Å². The van der Waals surface area contributed by atoms with Gasteiger partial charge >= 0.3 is 5.97 Å². The van der Waals surface area contributed by atoms with Crippen LogP contribution in [-0.2, 0) is 17.7 Å². The molecule has 0 atom stereocenters. The molecule has 3 aromatic rings. The number of carbonyl (C=O) groups is 2. The number of hydrogen-bond acceptors (Lipinski definition) is 4. The molecule has 1 aromatic heterocycles. The average Bonchev–Trinajstić information content (AvgIpc) is 3.04. The molecule has 1 amide bonds. The van der Waals surface area contributed by atoms with Crippen LogP contribution in [0.5, 0.6) is 0 Å². The quantitative estimate of drug-likeness (QED) is 0.658. The van der Waals surface area contributed by atoms with Gasteiger partial charge in [-0.15, -0.1) is 0 Å². The van der Waals surface area contributed by atoms with E-state index in [9.17, 15) is 9.59 Å². The lowest BCUT2D eigenvalue weighted by Crippen LogP contribution is -2.16. The molecule has 0 aliphatic rings. The van der Waals surface area contributed by atoms with E-state index in [-0.39, 0.29) is 5.91 Å². The zero-order valence-electron chi connectivity index (χ0n) is 15.0. The van der Waals surface area contributed by atoms with Crippen LogP contribution in [0.2, 0.25) is 0 Å². The first-order chi connectivity index (χ1) is 12.6. The van der Waals surface area contributed by atoms with Gasteiger partial charge in [0.2, 0.25) is 0 Å². The molecular weight excluding hydrogens is 348 g/mol. The minimum atomic E-state index is -0.429. The number of esters is 1. The Labute approximate surface area is 155 Å². The number of aryl methyl sites for hydroxylation is 2. The predicted octanol–water partition coefficient (Wildman–Crippen LogP) is 3.81. The maximum Gasteiger partial charge on any atom is 0.337 e. The second-order valence-electron chi connectivity index (χ2n) is 5.73. The SMILES string of the molecule is CCc1cccc2sc(=NC(=O)c3ccc(C(=O)OC)cc3)n(CC)c12. The van der Waals surface area contributed by atoms with Crippen molar-refractivity contribution >= 4 is 33.4 Å². The summed E-state index contributed by atoms with van der Waals surface area (Å²) in [6.45, 7) is 4.91. The Morgan fingerprint density at radius 2 is 1.77 bits per heavy atom. The van der Waals surface area contributed by atoms with Gasteiger partial charge in [-0.25, -0.2) is 4.79 Å². The summed E-state index contributed by atoms with van der Waals surface area (Å²) in [7, 11) is 1.33. The molecule has 0 aliphatic heterocycles. The van der Waals surface area contributed by atoms with Crippen molar-refractivity contribution in [2.45, 2.75) is 26.8 Å². The number of thiazole rings is 1. The number of hydrogen-bond donors (Lipinski definition) is 0. The van der Waals surface area contributed by atoms with E-state index in [1.165, 1.54) is 24.0 Å². The summed E-state index contributed by atoms with van der Waals surface area (Å²) < 4.78 is 7.88. The minimum absolute atomic E-state index is 0.326. The summed E-state index contributed by atoms with van der Waals surface area (Å²) >= 11 is 1.51. The number of carbonyl (C=O) groups excluding carboxylic acids is 2. The molecule has 5 nitrogen and oxygen atoms in total. The summed E-state index contributed by atoms with van der Waals surface area (Å²) in [5.74, 6) is -0.755. The first-order valence-electron chi connectivity index (χ1n) is 8.47. The maximum absolute atomic E-state index is 12.6. The Hall–Kier alpha value is -2.73. The van der Waals surface area contributed by atoms with Crippen LogP contribution in [0.3, 0.4) is 0 Å². The highest BCUT2D eigenvalue weighted by Crippen LogP contribution is 2.22. The lowest BCUT2D eigenvalue weighted by molar-refractivity contribution is 0.0600. The zero-order valence-corrected chi connectivity index (χ0v) is 15.8. The topological polar surface area (TPSA) is 60.7 Å². The lowest BCUT2D eigenvalue weighted by atomic mass is 10.1. The van der Waals surface area contributed by atoms with Crippen LogP contribution in [-0.4, -0.2) is 23.6 Å². The number of rotatable bonds is 4. The molecule has 26 heavy (non-hydrogen) atoms. The smallest absolute Gasteiger partial charge is 0.337 e. The fraction of sp³-hybridized carbons (Fsp3) is 0.250. The van der Waals surface area contributed by atoms with Gasteiger partial charge in [-0.05, 0) is 49.2 Å². The number of amides is 1. The van der Waals surface area contributed by atoms with Gasteiger partial charge in [-0.3, -0.25) is 4.79 Å². The molecule has 0 spiro atoms. The van der Waals surface area contributed by atoms with Crippen molar-refractivity contribution in [3.63, 3.8) is 0 Å². The number of methoxy groups -OCH3 is 1. The fourth-order valence-corrected chi connectivity index (χ4v) is 4.03. The first-order valence-corrected chi connectivity index (χ1v) is 9.29. The molecule has 0 N–H and O–H groups in total. The number of para-hydroxylation sites is 1. The fourth-order valence-electron chi connectivity index (χ4n) is 2.89. The van der Waals surface area contributed by atoms with E-state index >= 15 is 0 Å². The summed E-state index contributed by atoms with van der Waals surface area (Å²) in [5, 5.41) is 0. The molecule has 1 heterocycles. The van der Waals surface area contributed by atoms with Crippen LogP contribution in [0.4, 0.5) is 0 Å². The third-order valence-electron chi connectivity index (χ3n) is 4.23. The van der Waals surface area contributed by atoms with Gasteiger partial charge in [0, 0.05) is 12.1 Å². The molecule has 0 saturated carbocycles. The molecule has 0 unspecified atom stereocenters. The number of nitrogens with zero attached hydrogens (tertiary/aromatic N) is 2. The van der Waals surface area contributed by atoms with Gasteiger partial charge in [-0.1, -0.05) is 30.4 Å². The van der Waals surface area contributed by atoms with Crippen LogP contribution < -0.4 is 4.80 Å². The van der Waals surface area contributed by atoms with Crippen LogP contribution in [0.25, 0.3) is 10.2 Å². The monoisotopic (exact) mass is 368 g/mol. The van der Waals surface area contributed by atoms with E-state index < -0.39 is 5.97 Å². The van der Waals surface area contributed by atoms with Gasteiger partial charge in [0.1, 0.15) is 0 Å². The van der Waals surface area contributed by atoms with E-state index in [1.54, 1.807) is 24.3 Å². The van der Waals surface area contributed by atoms with E-state index in [0.29, 0.717) is 15.9 Å². The van der Waals surface area contributed by atoms with Crippen molar-refractivity contribution in [2.24, 2.45) is 4.99 Å². The van der Waals surface area contributed by atoms with Gasteiger partial charge in [-0.2, -0.15) is 4.99 Å². The summed E-state index contributed by atoms with van der Waals surface area (Å²) in [6, 6.07) is 12.5. The molecule has 0 aliphatic carbocycles. The van der Waals surface area contributed by atoms with Crippen molar-refractivity contribution in [3.8, 4) is 0 Å². The highest BCUT2D eigenvalue weighted by molar-refractivity contribution is 7.16. The van der Waals surface area contributed by atoms with Crippen LogP contribution in [0.15, 0.2) is 47.5 Å². The largest absolute Gasteiger partial charge is 0.465 e. The van der Waals surface area contributed by atoms with Crippen LogP contribution in [0, 0.1) is 0 Å². The van der Waals surface area contributed by atoms with Crippen molar-refractivity contribution in [1.82, 2.24) is 4.57 Å². The van der Waals surface area contributed by atoms with Crippen molar-refractivity contribution < 1.29 is 14.3 Å². The maximum atomic E-state index is 12.6. The Bertz CT molecular complexity index is 1030. The number of ether oxygens (including phenoxy) is 1. The summed E-state index contributed by atoms with van der Waals surface area (Å²) in [4.78, 5) is 29.1. The third kappa shape index (κ3) is 3.32. The Morgan fingerprint density at radius 1 is 1.08 bits per heavy atom. The summed E-state index contributed by atoms with van der Waals surface area (Å²) in [5.41, 5.74) is 3.24. The highest BCUT2D eigenvalue weighted by Gasteiger charge is 2.12. The Kier molecular flexibility index (Phi) is 5.32. The van der Waals surface area contributed by atoms with E-state index in [1.807, 2.05) is 13.0 Å². The van der Waals surface area contributed by atoms with Crippen molar-refractivity contribution in [3.05, 3.63) is 64.0 Å². The average molecular weight is 368 g/mol. The Balaban J connectivity index is 2.04. The molecule has 0 saturated heterocycles. The molecule has 134 valence electrons. The molecule has 0 radical (unpaired) electrons. The minimum Gasteiger partial charge on any atom is -0.465 e. The van der Waals surface area contributed by atoms with Crippen LogP contribution >= 0.6 is 11.3 Å². The molecule has 3 rings (SSSR count). The third-order valence-corrected chi connectivity index (χ3v) is 5.28. The van der Waals surface area contributed by atoms with E-state index in [0.717, 1.165) is 23.2 Å². The van der Waals surface area contributed by atoms with Gasteiger partial charge in [0.25, 0.3) is 5.91 Å². The number of fused-ring (bicyclic) bond motifs is 1. The second kappa shape index (κ2) is 7.66. The van der Waals surface area contributed by atoms with E-state index in [2.05, 4.69) is 33.4 Å². The zero-order chi connectivity index (χ0) is 18.7. The first kappa shape index (κ1) is 18.1. The number of aromatic nitrogens is 1. The van der Waals surface area contributed by atoms with Gasteiger partial charge in [0.15, 0.2) is 4.80 Å². The highest BCUT2D eigenvalue weighted by atomic mass is 32.1. The van der Waals surface area contributed by atoms with Crippen LogP contribution in [0.1, 0.15) is 40.1 Å². The Morgan fingerprint density at radius 3 is 2.38 bits per heavy atom. The molecular formula is C20H20N2O3S. The molecule has 2 aromatic carbocycles. The standard InChI is InChI=1S/C20H20N2O3S/c1-4-13-7-6-8-16-17(13)22(5-2)20(26-16)21-18(23)14-9-11-15(12-10-14)19(24)25-3/h6-12H,4-5H2,1-3H3. The molecule has 6 heteroatoms. The molecule has 0 bridgehead atoms. The molecule has 0 fully saturated rings. The van der Waals surface area contributed by atoms with Gasteiger partial charge in [0.05, 0.1) is 22.9 Å². The second-order valence-corrected chi connectivity index (χ2v) is 6.74. The van der Waals surface area contributed by atoms with Crippen molar-refractivity contribution in [2.75, 3.05) is 7.11 Å². The normalized spacial score (nSPS) is 11.7. The summed E-state index contributed by atoms with van der Waals surface area (Å²) in [6.07, 6.45) is 0.927. The predicted molar refractivity (Wildman–Crippen MR) is 103 cm³/mol. The lowest BCUT2D eigenvalue weighted by Gasteiger charge is -2.05. The van der Waals surface area contributed by atoms with E-state index in [4.69, 9.17) is 0 Å².